The first-order chi connectivity index (χ1) is 9.61. The molecule has 0 spiro atoms. The molecule has 0 amide bonds. The zero-order valence-corrected chi connectivity index (χ0v) is 12.8. The molecule has 1 fully saturated rings. The summed E-state index contributed by atoms with van der Waals surface area (Å²) in [4.78, 5) is 2.19. The van der Waals surface area contributed by atoms with Crippen LogP contribution in [-0.4, -0.2) is 50.6 Å². The molecule has 0 bridgehead atoms. The number of likely N-dealkylation sites (N-methyl/N-ethyl adjacent to an activating group) is 1. The zero-order valence-electron chi connectivity index (χ0n) is 12.8. The summed E-state index contributed by atoms with van der Waals surface area (Å²) in [5.74, 6) is 0. The summed E-state index contributed by atoms with van der Waals surface area (Å²) in [6.07, 6.45) is 0.743. The maximum Gasteiger partial charge on any atom is 0.185 e. The van der Waals surface area contributed by atoms with E-state index in [4.69, 9.17) is 14.2 Å². The van der Waals surface area contributed by atoms with Crippen LogP contribution in [0.2, 0.25) is 0 Å². The highest BCUT2D eigenvalue weighted by atomic mass is 16.7. The number of nitrogens with zero attached hydrogens (tertiary/aromatic N) is 1. The minimum Gasteiger partial charge on any atom is -0.375 e. The summed E-state index contributed by atoms with van der Waals surface area (Å²) < 4.78 is 17.5. The van der Waals surface area contributed by atoms with Crippen molar-refractivity contribution in [2.45, 2.75) is 44.5 Å². The first-order valence-corrected chi connectivity index (χ1v) is 7.12. The Morgan fingerprint density at radius 2 is 1.95 bits per heavy atom. The van der Waals surface area contributed by atoms with Gasteiger partial charge in [0.1, 0.15) is 6.10 Å². The van der Waals surface area contributed by atoms with Gasteiger partial charge in [0, 0.05) is 13.2 Å². The lowest BCUT2D eigenvalue weighted by Crippen LogP contribution is -2.54. The summed E-state index contributed by atoms with van der Waals surface area (Å²) in [6, 6.07) is 10.4. The van der Waals surface area contributed by atoms with E-state index in [0.29, 0.717) is 12.6 Å². The largest absolute Gasteiger partial charge is 0.375 e. The highest BCUT2D eigenvalue weighted by Gasteiger charge is 2.39. The smallest absolute Gasteiger partial charge is 0.185 e. The number of benzene rings is 1. The van der Waals surface area contributed by atoms with E-state index in [2.05, 4.69) is 38.1 Å². The minimum atomic E-state index is -0.323. The van der Waals surface area contributed by atoms with Crippen LogP contribution in [0.15, 0.2) is 30.3 Å². The van der Waals surface area contributed by atoms with E-state index in [9.17, 15) is 0 Å². The average molecular weight is 279 g/mol. The zero-order chi connectivity index (χ0) is 14.5. The van der Waals surface area contributed by atoms with Crippen LogP contribution in [0.1, 0.15) is 18.9 Å². The third kappa shape index (κ3) is 3.79. The van der Waals surface area contributed by atoms with Gasteiger partial charge in [-0.05, 0) is 33.0 Å². The molecule has 4 atom stereocenters. The molecule has 0 radical (unpaired) electrons. The van der Waals surface area contributed by atoms with Crippen LogP contribution < -0.4 is 0 Å². The van der Waals surface area contributed by atoms with E-state index in [1.807, 2.05) is 18.2 Å². The monoisotopic (exact) mass is 279 g/mol. The summed E-state index contributed by atoms with van der Waals surface area (Å²) >= 11 is 0. The molecule has 0 aliphatic carbocycles. The van der Waals surface area contributed by atoms with Crippen LogP contribution in [0.5, 0.6) is 0 Å². The van der Waals surface area contributed by atoms with E-state index in [1.165, 1.54) is 0 Å². The molecule has 1 aliphatic rings. The normalized spacial score (nSPS) is 30.6. The Balaban J connectivity index is 2.00. The van der Waals surface area contributed by atoms with Crippen LogP contribution in [0.25, 0.3) is 0 Å². The van der Waals surface area contributed by atoms with E-state index < -0.39 is 0 Å². The minimum absolute atomic E-state index is 0.0649. The molecule has 1 aromatic rings. The van der Waals surface area contributed by atoms with Gasteiger partial charge < -0.3 is 19.1 Å². The van der Waals surface area contributed by atoms with Crippen molar-refractivity contribution in [3.63, 3.8) is 0 Å². The van der Waals surface area contributed by atoms with Gasteiger partial charge in [0.2, 0.25) is 0 Å². The Morgan fingerprint density at radius 3 is 2.55 bits per heavy atom. The van der Waals surface area contributed by atoms with Gasteiger partial charge in [0.25, 0.3) is 0 Å². The summed E-state index contributed by atoms with van der Waals surface area (Å²) in [5.41, 5.74) is 1.14. The molecule has 1 heterocycles. The van der Waals surface area contributed by atoms with E-state index in [1.54, 1.807) is 7.11 Å². The van der Waals surface area contributed by atoms with Crippen LogP contribution in [0, 0.1) is 0 Å². The summed E-state index contributed by atoms with van der Waals surface area (Å²) in [5, 5.41) is 0. The second kappa shape index (κ2) is 7.18. The van der Waals surface area contributed by atoms with Crippen LogP contribution >= 0.6 is 0 Å². The van der Waals surface area contributed by atoms with Crippen LogP contribution in [-0.2, 0) is 20.8 Å². The topological polar surface area (TPSA) is 30.9 Å². The van der Waals surface area contributed by atoms with Crippen LogP contribution in [0.3, 0.4) is 0 Å². The van der Waals surface area contributed by atoms with Gasteiger partial charge in [-0.3, -0.25) is 0 Å². The fourth-order valence-corrected chi connectivity index (χ4v) is 2.68. The van der Waals surface area contributed by atoms with Gasteiger partial charge in [0.05, 0.1) is 12.7 Å². The molecule has 1 saturated heterocycles. The fourth-order valence-electron chi connectivity index (χ4n) is 2.68. The molecule has 0 N–H and O–H groups in total. The quantitative estimate of drug-likeness (QED) is 0.827. The number of rotatable bonds is 5. The Labute approximate surface area is 121 Å². The van der Waals surface area contributed by atoms with E-state index in [0.717, 1.165) is 12.0 Å². The molecule has 112 valence electrons. The molecular formula is C16H25NO3. The Hall–Kier alpha value is -0.940. The van der Waals surface area contributed by atoms with Gasteiger partial charge in [-0.2, -0.15) is 0 Å². The Bertz CT molecular complexity index is 396. The molecule has 4 nitrogen and oxygen atoms in total. The molecule has 20 heavy (non-hydrogen) atoms. The predicted molar refractivity (Wildman–Crippen MR) is 78.5 cm³/mol. The van der Waals surface area contributed by atoms with Gasteiger partial charge in [-0.25, -0.2) is 0 Å². The number of hydrogen-bond donors (Lipinski definition) is 0. The first-order valence-electron chi connectivity index (χ1n) is 7.12. The molecule has 4 heteroatoms. The van der Waals surface area contributed by atoms with E-state index in [-0.39, 0.29) is 18.5 Å². The Kier molecular flexibility index (Phi) is 5.54. The molecule has 0 aromatic heterocycles. The second-order valence-electron chi connectivity index (χ2n) is 5.58. The average Bonchev–Trinajstić information content (AvgIpc) is 2.45. The highest BCUT2D eigenvalue weighted by Crippen LogP contribution is 2.26. The molecular weight excluding hydrogens is 254 g/mol. The molecule has 2 rings (SSSR count). The summed E-state index contributed by atoms with van der Waals surface area (Å²) in [6.45, 7) is 2.62. The maximum atomic E-state index is 5.95. The van der Waals surface area contributed by atoms with Crippen molar-refractivity contribution in [3.8, 4) is 0 Å². The number of methoxy groups -OCH3 is 1. The second-order valence-corrected chi connectivity index (χ2v) is 5.58. The highest BCUT2D eigenvalue weighted by molar-refractivity contribution is 5.13. The third-order valence-corrected chi connectivity index (χ3v) is 3.78. The van der Waals surface area contributed by atoms with Gasteiger partial charge in [-0.1, -0.05) is 30.3 Å². The van der Waals surface area contributed by atoms with Crippen molar-refractivity contribution in [2.75, 3.05) is 21.2 Å². The van der Waals surface area contributed by atoms with Crippen molar-refractivity contribution >= 4 is 0 Å². The SMILES string of the molecule is CO[C@H]1C(OCc2ccccc2)O[C@H](C)C[C@@H]1N(C)C. The lowest BCUT2D eigenvalue weighted by atomic mass is 9.99. The van der Waals surface area contributed by atoms with Crippen molar-refractivity contribution in [2.24, 2.45) is 0 Å². The molecule has 1 aliphatic heterocycles. The van der Waals surface area contributed by atoms with Crippen LogP contribution in [0.4, 0.5) is 0 Å². The number of ether oxygens (including phenoxy) is 3. The third-order valence-electron chi connectivity index (χ3n) is 3.78. The molecule has 0 saturated carbocycles. The van der Waals surface area contributed by atoms with Crippen molar-refractivity contribution < 1.29 is 14.2 Å². The van der Waals surface area contributed by atoms with E-state index >= 15 is 0 Å². The van der Waals surface area contributed by atoms with Gasteiger partial charge >= 0.3 is 0 Å². The lowest BCUT2D eigenvalue weighted by molar-refractivity contribution is -0.262. The first kappa shape index (κ1) is 15.4. The Morgan fingerprint density at radius 1 is 1.25 bits per heavy atom. The fraction of sp³-hybridized carbons (Fsp3) is 0.625. The van der Waals surface area contributed by atoms with Gasteiger partial charge in [0.15, 0.2) is 6.29 Å². The van der Waals surface area contributed by atoms with Gasteiger partial charge in [-0.15, -0.1) is 0 Å². The lowest BCUT2D eigenvalue weighted by Gasteiger charge is -2.42. The van der Waals surface area contributed by atoms with Crippen molar-refractivity contribution in [1.29, 1.82) is 0 Å². The molecule has 1 aromatic carbocycles. The standard InChI is InChI=1S/C16H25NO3/c1-12-10-14(17(2)3)15(18-4)16(20-12)19-11-13-8-6-5-7-9-13/h5-9,12,14-16H,10-11H2,1-4H3/t12-,14+,15-,16?/m1/s1. The van der Waals surface area contributed by atoms with Crippen molar-refractivity contribution in [3.05, 3.63) is 35.9 Å². The van der Waals surface area contributed by atoms with Crippen molar-refractivity contribution in [1.82, 2.24) is 4.90 Å². The number of hydrogen-bond acceptors (Lipinski definition) is 4. The predicted octanol–water partition coefficient (Wildman–Crippen LogP) is 2.28. The maximum absolute atomic E-state index is 5.95. The molecule has 1 unspecified atom stereocenters. The summed E-state index contributed by atoms with van der Waals surface area (Å²) in [7, 11) is 5.87.